The number of rotatable bonds is 6. The Bertz CT molecular complexity index is 1140. The van der Waals surface area contributed by atoms with Crippen LogP contribution in [-0.4, -0.2) is 36.2 Å². The highest BCUT2D eigenvalue weighted by Crippen LogP contribution is 2.22. The summed E-state index contributed by atoms with van der Waals surface area (Å²) in [5.41, 5.74) is 2.01. The molecule has 0 unspecified atom stereocenters. The second-order valence-corrected chi connectivity index (χ2v) is 6.70. The quantitative estimate of drug-likeness (QED) is 0.510. The summed E-state index contributed by atoms with van der Waals surface area (Å²) in [6.07, 6.45) is 1.56. The number of nitrogens with zero attached hydrogens (tertiary/aromatic N) is 5. The number of urea groups is 1. The maximum atomic E-state index is 13.1. The van der Waals surface area contributed by atoms with Crippen molar-refractivity contribution in [3.8, 4) is 17.1 Å². The van der Waals surface area contributed by atoms with Crippen molar-refractivity contribution in [2.24, 2.45) is 7.05 Å². The number of aromatic nitrogens is 4. The number of anilines is 1. The lowest BCUT2D eigenvalue weighted by Crippen LogP contribution is -2.34. The van der Waals surface area contributed by atoms with Gasteiger partial charge in [0, 0.05) is 23.9 Å². The third kappa shape index (κ3) is 4.30. The van der Waals surface area contributed by atoms with Crippen LogP contribution in [0.3, 0.4) is 0 Å². The molecule has 2 heterocycles. The smallest absolute Gasteiger partial charge is 0.322 e. The molecular weight excluding hydrogens is 384 g/mol. The van der Waals surface area contributed by atoms with Crippen LogP contribution >= 0.6 is 0 Å². The Morgan fingerprint density at radius 2 is 2.00 bits per heavy atom. The van der Waals surface area contributed by atoms with Crippen LogP contribution in [0.15, 0.2) is 71.3 Å². The fourth-order valence-electron chi connectivity index (χ4n) is 3.05. The Morgan fingerprint density at radius 3 is 2.73 bits per heavy atom. The van der Waals surface area contributed by atoms with Crippen molar-refractivity contribution in [3.63, 3.8) is 0 Å². The molecule has 0 aliphatic heterocycles. The van der Waals surface area contributed by atoms with Gasteiger partial charge in [-0.15, -0.1) is 5.10 Å². The molecule has 4 rings (SSSR count). The summed E-state index contributed by atoms with van der Waals surface area (Å²) < 4.78 is 6.96. The lowest BCUT2D eigenvalue weighted by molar-refractivity contribution is 0.200. The molecule has 152 valence electrons. The zero-order chi connectivity index (χ0) is 20.9. The number of furan rings is 1. The van der Waals surface area contributed by atoms with Crippen molar-refractivity contribution in [1.82, 2.24) is 25.1 Å². The zero-order valence-electron chi connectivity index (χ0n) is 16.3. The van der Waals surface area contributed by atoms with E-state index in [0.717, 1.165) is 5.56 Å². The first-order chi connectivity index (χ1) is 14.6. The average Bonchev–Trinajstić information content (AvgIpc) is 3.41. The van der Waals surface area contributed by atoms with Gasteiger partial charge in [-0.3, -0.25) is 0 Å². The first-order valence-electron chi connectivity index (χ1n) is 9.28. The van der Waals surface area contributed by atoms with E-state index in [0.29, 0.717) is 22.8 Å². The number of tetrazole rings is 1. The molecule has 2 amide bonds. The normalized spacial score (nSPS) is 10.7. The number of aryl methyl sites for hydroxylation is 1. The van der Waals surface area contributed by atoms with Crippen LogP contribution in [0.4, 0.5) is 10.5 Å². The third-order valence-electron chi connectivity index (χ3n) is 4.56. The van der Waals surface area contributed by atoms with Gasteiger partial charge in [-0.25, -0.2) is 9.48 Å². The maximum Gasteiger partial charge on any atom is 0.322 e. The molecule has 9 nitrogen and oxygen atoms in total. The third-order valence-corrected chi connectivity index (χ3v) is 4.56. The predicted molar refractivity (Wildman–Crippen MR) is 109 cm³/mol. The first kappa shape index (κ1) is 19.2. The molecule has 0 saturated heterocycles. The minimum absolute atomic E-state index is 0.131. The van der Waals surface area contributed by atoms with Gasteiger partial charge in [0.2, 0.25) is 0 Å². The van der Waals surface area contributed by atoms with Crippen LogP contribution in [0.5, 0.6) is 5.75 Å². The molecule has 30 heavy (non-hydrogen) atoms. The number of phenols is 1. The number of carbonyl (C=O) groups excluding carboxylic acids is 1. The summed E-state index contributed by atoms with van der Waals surface area (Å²) in [6.45, 7) is 0.464. The lowest BCUT2D eigenvalue weighted by atomic mass is 10.2. The van der Waals surface area contributed by atoms with Crippen molar-refractivity contribution >= 4 is 11.7 Å². The molecule has 0 aliphatic rings. The SMILES string of the molecule is Cn1nnnc1-c1cccc(NC(=O)N(Cc2ccco2)Cc2ccccc2O)c1. The Morgan fingerprint density at radius 1 is 1.13 bits per heavy atom. The van der Waals surface area contributed by atoms with E-state index in [2.05, 4.69) is 20.8 Å². The minimum atomic E-state index is -0.331. The van der Waals surface area contributed by atoms with E-state index in [1.165, 1.54) is 0 Å². The maximum absolute atomic E-state index is 13.1. The number of hydrogen-bond donors (Lipinski definition) is 2. The molecule has 4 aromatic rings. The van der Waals surface area contributed by atoms with Gasteiger partial charge in [-0.05, 0) is 40.8 Å². The van der Waals surface area contributed by atoms with Crippen LogP contribution in [-0.2, 0) is 20.1 Å². The standard InChI is InChI=1S/C21H20N6O3/c1-26-20(23-24-25-26)15-7-4-8-17(12-15)22-21(29)27(14-18-9-5-11-30-18)13-16-6-2-3-10-19(16)28/h2-12,28H,13-14H2,1H3,(H,22,29). The summed E-state index contributed by atoms with van der Waals surface area (Å²) in [4.78, 5) is 14.6. The molecule has 9 heteroatoms. The van der Waals surface area contributed by atoms with Crippen molar-refractivity contribution in [1.29, 1.82) is 0 Å². The van der Waals surface area contributed by atoms with Gasteiger partial charge in [0.15, 0.2) is 5.82 Å². The highest BCUT2D eigenvalue weighted by Gasteiger charge is 2.18. The van der Waals surface area contributed by atoms with Crippen molar-refractivity contribution < 1.29 is 14.3 Å². The summed E-state index contributed by atoms with van der Waals surface area (Å²) >= 11 is 0. The van der Waals surface area contributed by atoms with Gasteiger partial charge in [0.1, 0.15) is 11.5 Å². The van der Waals surface area contributed by atoms with Crippen molar-refractivity contribution in [2.75, 3.05) is 5.32 Å². The van der Waals surface area contributed by atoms with Crippen molar-refractivity contribution in [3.05, 3.63) is 78.3 Å². The van der Waals surface area contributed by atoms with Crippen LogP contribution < -0.4 is 5.32 Å². The summed E-state index contributed by atoms with van der Waals surface area (Å²) in [7, 11) is 1.75. The number of phenolic OH excluding ortho intramolecular Hbond substituents is 1. The number of carbonyl (C=O) groups is 1. The second-order valence-electron chi connectivity index (χ2n) is 6.70. The van der Waals surface area contributed by atoms with Gasteiger partial charge in [0.05, 0.1) is 19.4 Å². The Balaban J connectivity index is 1.56. The van der Waals surface area contributed by atoms with Crippen LogP contribution in [0.25, 0.3) is 11.4 Å². The fraction of sp³-hybridized carbons (Fsp3) is 0.143. The minimum Gasteiger partial charge on any atom is -0.508 e. The molecular formula is C21H20N6O3. The Kier molecular flexibility index (Phi) is 5.42. The number of para-hydroxylation sites is 1. The van der Waals surface area contributed by atoms with Gasteiger partial charge < -0.3 is 19.7 Å². The van der Waals surface area contributed by atoms with Gasteiger partial charge >= 0.3 is 6.03 Å². The largest absolute Gasteiger partial charge is 0.508 e. The highest BCUT2D eigenvalue weighted by molar-refractivity contribution is 5.90. The Hall–Kier alpha value is -4.14. The topological polar surface area (TPSA) is 109 Å². The highest BCUT2D eigenvalue weighted by atomic mass is 16.3. The summed E-state index contributed by atoms with van der Waals surface area (Å²) in [6, 6.07) is 17.4. The van der Waals surface area contributed by atoms with Gasteiger partial charge in [-0.1, -0.05) is 30.3 Å². The molecule has 0 fully saturated rings. The van der Waals surface area contributed by atoms with E-state index in [4.69, 9.17) is 4.42 Å². The van der Waals surface area contributed by atoms with Crippen LogP contribution in [0.1, 0.15) is 11.3 Å². The monoisotopic (exact) mass is 404 g/mol. The van der Waals surface area contributed by atoms with E-state index >= 15 is 0 Å². The lowest BCUT2D eigenvalue weighted by Gasteiger charge is -2.23. The van der Waals surface area contributed by atoms with E-state index in [1.54, 1.807) is 65.4 Å². The molecule has 0 radical (unpaired) electrons. The summed E-state index contributed by atoms with van der Waals surface area (Å²) in [5, 5.41) is 24.5. The molecule has 0 atom stereocenters. The molecule has 2 aromatic heterocycles. The molecule has 0 saturated carbocycles. The van der Waals surface area contributed by atoms with Crippen LogP contribution in [0, 0.1) is 0 Å². The molecule has 0 spiro atoms. The van der Waals surface area contributed by atoms with E-state index < -0.39 is 0 Å². The second kappa shape index (κ2) is 8.48. The number of nitrogens with one attached hydrogen (secondary N) is 1. The molecule has 2 N–H and O–H groups in total. The fourth-order valence-corrected chi connectivity index (χ4v) is 3.05. The van der Waals surface area contributed by atoms with E-state index in [-0.39, 0.29) is 24.9 Å². The van der Waals surface area contributed by atoms with Crippen molar-refractivity contribution in [2.45, 2.75) is 13.1 Å². The molecule has 2 aromatic carbocycles. The molecule has 0 aliphatic carbocycles. The number of amides is 2. The number of benzene rings is 2. The van der Waals surface area contributed by atoms with Gasteiger partial charge in [0.25, 0.3) is 0 Å². The van der Waals surface area contributed by atoms with Gasteiger partial charge in [-0.2, -0.15) is 0 Å². The zero-order valence-corrected chi connectivity index (χ0v) is 16.3. The van der Waals surface area contributed by atoms with Crippen LogP contribution in [0.2, 0.25) is 0 Å². The first-order valence-corrected chi connectivity index (χ1v) is 9.28. The molecule has 0 bridgehead atoms. The Labute approximate surface area is 172 Å². The summed E-state index contributed by atoms with van der Waals surface area (Å²) in [5.74, 6) is 1.36. The van der Waals surface area contributed by atoms with E-state index in [9.17, 15) is 9.90 Å². The average molecular weight is 404 g/mol. The predicted octanol–water partition coefficient (Wildman–Crippen LogP) is 3.41. The van der Waals surface area contributed by atoms with E-state index in [1.807, 2.05) is 18.2 Å². The number of hydrogen-bond acceptors (Lipinski definition) is 6. The number of aromatic hydroxyl groups is 1.